The number of rotatable bonds is 5. The van der Waals surface area contributed by atoms with Gasteiger partial charge in [-0.15, -0.1) is 0 Å². The van der Waals surface area contributed by atoms with Crippen LogP contribution in [0.1, 0.15) is 30.8 Å². The van der Waals surface area contributed by atoms with Gasteiger partial charge in [0.1, 0.15) is 11.5 Å². The molecule has 0 aliphatic heterocycles. The predicted octanol–water partition coefficient (Wildman–Crippen LogP) is 3.25. The molecule has 0 fully saturated rings. The van der Waals surface area contributed by atoms with Crippen molar-refractivity contribution in [3.8, 4) is 11.5 Å². The van der Waals surface area contributed by atoms with E-state index >= 15 is 0 Å². The van der Waals surface area contributed by atoms with Gasteiger partial charge in [-0.05, 0) is 44.7 Å². The summed E-state index contributed by atoms with van der Waals surface area (Å²) in [6.45, 7) is 4.08. The number of nitrogens with one attached hydrogen (secondary N) is 1. The molecular formula is C15H19N3O. The van der Waals surface area contributed by atoms with Crippen molar-refractivity contribution in [1.82, 2.24) is 15.3 Å². The third-order valence-electron chi connectivity index (χ3n) is 2.99. The SMILES string of the molecule is CCC(NC)c1ccc(Oc2ccc(C)nc2)cn1. The van der Waals surface area contributed by atoms with Crippen molar-refractivity contribution in [2.75, 3.05) is 7.05 Å². The van der Waals surface area contributed by atoms with Crippen LogP contribution in [0, 0.1) is 6.92 Å². The number of ether oxygens (including phenoxy) is 1. The van der Waals surface area contributed by atoms with Gasteiger partial charge in [-0.3, -0.25) is 9.97 Å². The minimum absolute atomic E-state index is 0.287. The Bertz CT molecular complexity index is 504. The summed E-state index contributed by atoms with van der Waals surface area (Å²) in [7, 11) is 1.94. The summed E-state index contributed by atoms with van der Waals surface area (Å²) in [5, 5.41) is 3.23. The Kier molecular flexibility index (Phi) is 4.47. The van der Waals surface area contributed by atoms with Crippen molar-refractivity contribution in [2.45, 2.75) is 26.3 Å². The zero-order chi connectivity index (χ0) is 13.7. The standard InChI is InChI=1S/C15H19N3O/c1-4-14(16-3)15-8-7-13(10-18-15)19-12-6-5-11(2)17-9-12/h5-10,14,16H,4H2,1-3H3. The van der Waals surface area contributed by atoms with Crippen molar-refractivity contribution in [3.05, 3.63) is 48.0 Å². The van der Waals surface area contributed by atoms with Gasteiger partial charge in [0, 0.05) is 11.7 Å². The Morgan fingerprint density at radius 1 is 1.11 bits per heavy atom. The van der Waals surface area contributed by atoms with Crippen LogP contribution in [-0.4, -0.2) is 17.0 Å². The van der Waals surface area contributed by atoms with E-state index in [0.29, 0.717) is 0 Å². The first-order valence-electron chi connectivity index (χ1n) is 6.46. The third kappa shape index (κ3) is 3.51. The molecule has 0 aromatic carbocycles. The second kappa shape index (κ2) is 6.29. The fourth-order valence-corrected chi connectivity index (χ4v) is 1.87. The molecule has 100 valence electrons. The fraction of sp³-hybridized carbons (Fsp3) is 0.333. The predicted molar refractivity (Wildman–Crippen MR) is 75.4 cm³/mol. The van der Waals surface area contributed by atoms with E-state index < -0.39 is 0 Å². The van der Waals surface area contributed by atoms with E-state index in [1.54, 1.807) is 12.4 Å². The zero-order valence-corrected chi connectivity index (χ0v) is 11.6. The van der Waals surface area contributed by atoms with Crippen LogP contribution >= 0.6 is 0 Å². The lowest BCUT2D eigenvalue weighted by Gasteiger charge is -2.13. The van der Waals surface area contributed by atoms with Crippen molar-refractivity contribution in [2.24, 2.45) is 0 Å². The summed E-state index contributed by atoms with van der Waals surface area (Å²) < 4.78 is 5.69. The highest BCUT2D eigenvalue weighted by Crippen LogP contribution is 2.21. The highest BCUT2D eigenvalue weighted by molar-refractivity contribution is 5.29. The average Bonchev–Trinajstić information content (AvgIpc) is 2.44. The third-order valence-corrected chi connectivity index (χ3v) is 2.99. The maximum atomic E-state index is 5.69. The Morgan fingerprint density at radius 2 is 1.79 bits per heavy atom. The molecule has 0 radical (unpaired) electrons. The van der Waals surface area contributed by atoms with Crippen molar-refractivity contribution in [1.29, 1.82) is 0 Å². The number of pyridine rings is 2. The lowest BCUT2D eigenvalue weighted by molar-refractivity contribution is 0.475. The largest absolute Gasteiger partial charge is 0.454 e. The number of aryl methyl sites for hydroxylation is 1. The molecular weight excluding hydrogens is 238 g/mol. The fourth-order valence-electron chi connectivity index (χ4n) is 1.87. The van der Waals surface area contributed by atoms with Gasteiger partial charge in [-0.25, -0.2) is 0 Å². The summed E-state index contributed by atoms with van der Waals surface area (Å²) in [5.41, 5.74) is 2.00. The molecule has 0 saturated carbocycles. The van der Waals surface area contributed by atoms with Crippen LogP contribution in [0.5, 0.6) is 11.5 Å². The van der Waals surface area contributed by atoms with Crippen LogP contribution in [0.4, 0.5) is 0 Å². The molecule has 0 spiro atoms. The normalized spacial score (nSPS) is 12.2. The van der Waals surface area contributed by atoms with E-state index in [0.717, 1.165) is 29.3 Å². The molecule has 2 aromatic heterocycles. The van der Waals surface area contributed by atoms with Gasteiger partial charge in [-0.2, -0.15) is 0 Å². The van der Waals surface area contributed by atoms with Gasteiger partial charge in [0.05, 0.1) is 18.1 Å². The number of hydrogen-bond donors (Lipinski definition) is 1. The van der Waals surface area contributed by atoms with Crippen LogP contribution in [-0.2, 0) is 0 Å². The van der Waals surface area contributed by atoms with Crippen molar-refractivity contribution >= 4 is 0 Å². The number of nitrogens with zero attached hydrogens (tertiary/aromatic N) is 2. The molecule has 0 saturated heterocycles. The molecule has 2 heterocycles. The molecule has 0 aliphatic carbocycles. The van der Waals surface area contributed by atoms with Gasteiger partial charge in [0.25, 0.3) is 0 Å². The molecule has 1 N–H and O–H groups in total. The lowest BCUT2D eigenvalue weighted by Crippen LogP contribution is -2.16. The smallest absolute Gasteiger partial charge is 0.145 e. The van der Waals surface area contributed by atoms with Crippen LogP contribution in [0.3, 0.4) is 0 Å². The van der Waals surface area contributed by atoms with Crippen LogP contribution in [0.15, 0.2) is 36.7 Å². The first-order valence-corrected chi connectivity index (χ1v) is 6.46. The highest BCUT2D eigenvalue weighted by atomic mass is 16.5. The first kappa shape index (κ1) is 13.5. The summed E-state index contributed by atoms with van der Waals surface area (Å²) in [6, 6.07) is 8.03. The maximum absolute atomic E-state index is 5.69. The molecule has 0 aliphatic rings. The highest BCUT2D eigenvalue weighted by Gasteiger charge is 2.08. The van der Waals surface area contributed by atoms with Crippen LogP contribution in [0.25, 0.3) is 0 Å². The van der Waals surface area contributed by atoms with E-state index in [-0.39, 0.29) is 6.04 Å². The molecule has 2 rings (SSSR count). The Labute approximate surface area is 113 Å². The second-order valence-corrected chi connectivity index (χ2v) is 4.41. The summed E-state index contributed by atoms with van der Waals surface area (Å²) in [4.78, 5) is 8.62. The number of aromatic nitrogens is 2. The minimum atomic E-state index is 0.287. The summed E-state index contributed by atoms with van der Waals surface area (Å²) in [5.74, 6) is 1.45. The number of hydrogen-bond acceptors (Lipinski definition) is 4. The summed E-state index contributed by atoms with van der Waals surface area (Å²) in [6.07, 6.45) is 4.46. The van der Waals surface area contributed by atoms with Crippen molar-refractivity contribution in [3.63, 3.8) is 0 Å². The summed E-state index contributed by atoms with van der Waals surface area (Å²) >= 11 is 0. The van der Waals surface area contributed by atoms with E-state index in [2.05, 4.69) is 22.2 Å². The zero-order valence-electron chi connectivity index (χ0n) is 11.6. The van der Waals surface area contributed by atoms with E-state index in [1.807, 2.05) is 38.2 Å². The second-order valence-electron chi connectivity index (χ2n) is 4.41. The van der Waals surface area contributed by atoms with Gasteiger partial charge >= 0.3 is 0 Å². The van der Waals surface area contributed by atoms with Gasteiger partial charge in [-0.1, -0.05) is 6.92 Å². The first-order chi connectivity index (χ1) is 9.22. The molecule has 4 heteroatoms. The molecule has 1 unspecified atom stereocenters. The Morgan fingerprint density at radius 3 is 2.26 bits per heavy atom. The monoisotopic (exact) mass is 257 g/mol. The molecule has 19 heavy (non-hydrogen) atoms. The molecule has 1 atom stereocenters. The topological polar surface area (TPSA) is 47.0 Å². The average molecular weight is 257 g/mol. The molecule has 2 aromatic rings. The van der Waals surface area contributed by atoms with Gasteiger partial charge in [0.2, 0.25) is 0 Å². The van der Waals surface area contributed by atoms with Gasteiger partial charge < -0.3 is 10.1 Å². The quantitative estimate of drug-likeness (QED) is 0.893. The molecule has 0 bridgehead atoms. The van der Waals surface area contributed by atoms with E-state index in [4.69, 9.17) is 4.74 Å². The Balaban J connectivity index is 2.08. The van der Waals surface area contributed by atoms with Crippen molar-refractivity contribution < 1.29 is 4.74 Å². The van der Waals surface area contributed by atoms with Gasteiger partial charge in [0.15, 0.2) is 0 Å². The lowest BCUT2D eigenvalue weighted by atomic mass is 10.1. The van der Waals surface area contributed by atoms with Crippen LogP contribution in [0.2, 0.25) is 0 Å². The maximum Gasteiger partial charge on any atom is 0.145 e. The molecule has 4 nitrogen and oxygen atoms in total. The Hall–Kier alpha value is -1.94. The minimum Gasteiger partial charge on any atom is -0.454 e. The van der Waals surface area contributed by atoms with E-state index in [1.165, 1.54) is 0 Å². The van der Waals surface area contributed by atoms with E-state index in [9.17, 15) is 0 Å². The molecule has 0 amide bonds. The van der Waals surface area contributed by atoms with Crippen LogP contribution < -0.4 is 10.1 Å².